The number of aryl methyl sites for hydroxylation is 2. The number of oxime groups is 1. The van der Waals surface area contributed by atoms with E-state index in [1.165, 1.54) is 11.3 Å². The molecule has 12 heteroatoms. The Labute approximate surface area is 296 Å². The third-order valence-corrected chi connectivity index (χ3v) is 10.0. The van der Waals surface area contributed by atoms with Gasteiger partial charge in [-0.25, -0.2) is 0 Å². The van der Waals surface area contributed by atoms with E-state index in [-0.39, 0.29) is 37.3 Å². The number of carbonyl (C=O) groups is 5. The Hall–Kier alpha value is -3.96. The largest absolute Gasteiger partial charge is 0.490 e. The van der Waals surface area contributed by atoms with Crippen LogP contribution in [0.1, 0.15) is 122 Å². The number of Topliss-reactive ketones (excluding diaryl/α,β-unsaturated/α-hetero) is 1. The summed E-state index contributed by atoms with van der Waals surface area (Å²) in [5, 5.41) is 10.2. The molecule has 2 fully saturated rings. The minimum Gasteiger partial charge on any atom is -0.490 e. The van der Waals surface area contributed by atoms with Gasteiger partial charge in [0.1, 0.15) is 17.8 Å². The Balaban J connectivity index is 1.63. The number of nitrogens with zero attached hydrogens (tertiary/aromatic N) is 2. The van der Waals surface area contributed by atoms with Crippen molar-refractivity contribution in [3.8, 4) is 5.75 Å². The molecule has 4 rings (SSSR count). The third kappa shape index (κ3) is 9.23. The van der Waals surface area contributed by atoms with Crippen molar-refractivity contribution in [2.75, 3.05) is 6.54 Å². The van der Waals surface area contributed by atoms with Crippen LogP contribution in [0.4, 0.5) is 0 Å². The Morgan fingerprint density at radius 1 is 1.06 bits per heavy atom. The van der Waals surface area contributed by atoms with Crippen LogP contribution in [0.2, 0.25) is 0 Å². The van der Waals surface area contributed by atoms with E-state index >= 15 is 0 Å². The summed E-state index contributed by atoms with van der Waals surface area (Å²) < 4.78 is 6.03. The molecule has 276 valence electrons. The molecule has 2 aliphatic heterocycles. The first kappa shape index (κ1) is 38.8. The van der Waals surface area contributed by atoms with Crippen LogP contribution >= 0.6 is 0 Å². The lowest BCUT2D eigenvalue weighted by Crippen LogP contribution is -2.59. The van der Waals surface area contributed by atoms with Gasteiger partial charge in [-0.1, -0.05) is 58.5 Å². The van der Waals surface area contributed by atoms with Gasteiger partial charge in [0.15, 0.2) is 5.60 Å². The first-order valence-electron chi connectivity index (χ1n) is 18.2. The van der Waals surface area contributed by atoms with Crippen molar-refractivity contribution in [3.05, 3.63) is 28.8 Å². The predicted molar refractivity (Wildman–Crippen MR) is 190 cm³/mol. The summed E-state index contributed by atoms with van der Waals surface area (Å²) in [5.74, 6) is -2.13. The molecule has 1 saturated carbocycles. The standard InChI is InChI=1S/C38H57N5O7/c1-9-13-27(31(45)34(39)46)40-35(47)29-20-38(19-28(42-50-38)26-16-23(4)32(24(5)17-26)49-22(2)3)21-43(29)36(48)33(37(6,7)8)41-30(44)18-25-14-11-10-12-15-25/h16-17,22,25,27,29,33H,9-15,18-21H2,1-8H3,(H2,39,46)(H,40,47)(H,41,44)/t27-,29-,33+,38+/m0/s1. The molecule has 1 saturated heterocycles. The topological polar surface area (TPSA) is 169 Å². The number of nitrogens with one attached hydrogen (secondary N) is 2. The van der Waals surface area contributed by atoms with Gasteiger partial charge < -0.3 is 30.8 Å². The summed E-state index contributed by atoms with van der Waals surface area (Å²) in [6.45, 7) is 15.4. The zero-order valence-electron chi connectivity index (χ0n) is 31.1. The van der Waals surface area contributed by atoms with Crippen molar-refractivity contribution in [2.24, 2.45) is 22.2 Å². The number of benzene rings is 1. The SMILES string of the molecule is CCC[C@H](NC(=O)[C@@H]1C[C@]2(CC(c3cc(C)c(OC(C)C)c(C)c3)=NO2)CN1C(=O)[C@@H](NC(=O)CC1CCCCC1)C(C)(C)C)C(=O)C(N)=O. The van der Waals surface area contributed by atoms with Crippen LogP contribution in [0.3, 0.4) is 0 Å². The van der Waals surface area contributed by atoms with Gasteiger partial charge in [0.25, 0.3) is 5.91 Å². The summed E-state index contributed by atoms with van der Waals surface area (Å²) >= 11 is 0. The number of nitrogens with two attached hydrogens (primary N) is 1. The molecule has 4 N–H and O–H groups in total. The molecule has 1 aromatic carbocycles. The number of hydrogen-bond acceptors (Lipinski definition) is 8. The predicted octanol–water partition coefficient (Wildman–Crippen LogP) is 4.40. The second-order valence-electron chi connectivity index (χ2n) is 15.9. The van der Waals surface area contributed by atoms with Crippen molar-refractivity contribution in [1.29, 1.82) is 0 Å². The second kappa shape index (κ2) is 15.9. The number of carbonyl (C=O) groups excluding carboxylic acids is 5. The molecule has 0 aromatic heterocycles. The van der Waals surface area contributed by atoms with Crippen LogP contribution < -0.4 is 21.1 Å². The highest BCUT2D eigenvalue weighted by Crippen LogP contribution is 2.41. The van der Waals surface area contributed by atoms with E-state index < -0.39 is 52.6 Å². The lowest BCUT2D eigenvalue weighted by atomic mass is 9.84. The van der Waals surface area contributed by atoms with Crippen LogP contribution in [-0.2, 0) is 28.8 Å². The third-order valence-electron chi connectivity index (χ3n) is 10.0. The molecule has 1 aliphatic carbocycles. The van der Waals surface area contributed by atoms with Gasteiger partial charge in [-0.15, -0.1) is 0 Å². The van der Waals surface area contributed by atoms with Crippen LogP contribution in [0, 0.1) is 25.2 Å². The smallest absolute Gasteiger partial charge is 0.287 e. The maximum atomic E-state index is 14.6. The average Bonchev–Trinajstić information content (AvgIpc) is 3.64. The number of ether oxygens (including phenoxy) is 1. The van der Waals surface area contributed by atoms with Gasteiger partial charge in [-0.2, -0.15) is 0 Å². The van der Waals surface area contributed by atoms with Crippen molar-refractivity contribution in [3.63, 3.8) is 0 Å². The monoisotopic (exact) mass is 695 g/mol. The molecule has 12 nitrogen and oxygen atoms in total. The normalized spacial score (nSPS) is 22.1. The molecule has 0 radical (unpaired) electrons. The van der Waals surface area contributed by atoms with Gasteiger partial charge >= 0.3 is 0 Å². The minimum atomic E-state index is -1.14. The van der Waals surface area contributed by atoms with Gasteiger partial charge in [0.05, 0.1) is 24.4 Å². The van der Waals surface area contributed by atoms with E-state index in [2.05, 4.69) is 15.8 Å². The van der Waals surface area contributed by atoms with E-state index in [0.717, 1.165) is 48.1 Å². The fraction of sp³-hybridized carbons (Fsp3) is 0.684. The van der Waals surface area contributed by atoms with E-state index in [1.54, 1.807) is 0 Å². The summed E-state index contributed by atoms with van der Waals surface area (Å²) in [6.07, 6.45) is 6.88. The van der Waals surface area contributed by atoms with Crippen molar-refractivity contribution in [1.82, 2.24) is 15.5 Å². The maximum absolute atomic E-state index is 14.6. The van der Waals surface area contributed by atoms with Gasteiger partial charge in [-0.05, 0) is 81.5 Å². The maximum Gasteiger partial charge on any atom is 0.287 e. The molecule has 0 bridgehead atoms. The van der Waals surface area contributed by atoms with Crippen LogP contribution in [0.5, 0.6) is 5.75 Å². The number of hydrogen-bond donors (Lipinski definition) is 3. The van der Waals surface area contributed by atoms with Crippen molar-refractivity contribution in [2.45, 2.75) is 149 Å². The Morgan fingerprint density at radius 3 is 2.26 bits per heavy atom. The first-order chi connectivity index (χ1) is 23.4. The van der Waals surface area contributed by atoms with Gasteiger partial charge in [0.2, 0.25) is 23.5 Å². The first-order valence-corrected chi connectivity index (χ1v) is 18.2. The Kier molecular flexibility index (Phi) is 12.4. The lowest BCUT2D eigenvalue weighted by Gasteiger charge is -2.36. The summed E-state index contributed by atoms with van der Waals surface area (Å²) in [6, 6.07) is 0.888. The van der Waals surface area contributed by atoms with Crippen LogP contribution in [0.15, 0.2) is 17.3 Å². The summed E-state index contributed by atoms with van der Waals surface area (Å²) in [7, 11) is 0. The van der Waals surface area contributed by atoms with E-state index in [4.69, 9.17) is 15.3 Å². The molecule has 2 heterocycles. The molecule has 4 atom stereocenters. The van der Waals surface area contributed by atoms with Crippen LogP contribution in [0.25, 0.3) is 0 Å². The Morgan fingerprint density at radius 2 is 1.70 bits per heavy atom. The number of primary amides is 1. The molecule has 0 unspecified atom stereocenters. The highest BCUT2D eigenvalue weighted by molar-refractivity contribution is 6.37. The average molecular weight is 696 g/mol. The minimum absolute atomic E-state index is 0.0166. The van der Waals surface area contributed by atoms with Crippen molar-refractivity contribution < 1.29 is 33.5 Å². The van der Waals surface area contributed by atoms with Crippen LogP contribution in [-0.4, -0.2) is 76.4 Å². The number of likely N-dealkylation sites (tertiary alicyclic amines) is 1. The van der Waals surface area contributed by atoms with Crippen molar-refractivity contribution >= 4 is 35.1 Å². The van der Waals surface area contributed by atoms with Gasteiger partial charge in [0, 0.05) is 24.8 Å². The van der Waals surface area contributed by atoms with Gasteiger partial charge in [-0.3, -0.25) is 24.0 Å². The summed E-state index contributed by atoms with van der Waals surface area (Å²) in [4.78, 5) is 74.0. The molecule has 1 spiro atoms. The second-order valence-corrected chi connectivity index (χ2v) is 15.9. The number of ketones is 1. The highest BCUT2D eigenvalue weighted by Gasteiger charge is 2.55. The summed E-state index contributed by atoms with van der Waals surface area (Å²) in [5.41, 5.74) is 7.05. The molecule has 3 aliphatic rings. The molecule has 4 amide bonds. The van der Waals surface area contributed by atoms with E-state index in [1.807, 2.05) is 67.5 Å². The highest BCUT2D eigenvalue weighted by atomic mass is 16.7. The molecule has 1 aromatic rings. The molecular formula is C38H57N5O7. The fourth-order valence-corrected chi connectivity index (χ4v) is 7.51. The molecule has 50 heavy (non-hydrogen) atoms. The lowest BCUT2D eigenvalue weighted by molar-refractivity contribution is -0.145. The molecular weight excluding hydrogens is 638 g/mol. The number of rotatable bonds is 13. The van der Waals surface area contributed by atoms with E-state index in [9.17, 15) is 24.0 Å². The number of amides is 4. The fourth-order valence-electron chi connectivity index (χ4n) is 7.51. The zero-order chi connectivity index (χ0) is 37.0. The zero-order valence-corrected chi connectivity index (χ0v) is 31.1. The van der Waals surface area contributed by atoms with E-state index in [0.29, 0.717) is 25.0 Å². The Bertz CT molecular complexity index is 1470. The quantitative estimate of drug-likeness (QED) is 0.257.